The van der Waals surface area contributed by atoms with Crippen LogP contribution in [-0.4, -0.2) is 10.1 Å². The van der Waals surface area contributed by atoms with Gasteiger partial charge in [0.15, 0.2) is 0 Å². The molecule has 5 aromatic carbocycles. The average molecular weight is 430 g/mol. The zero-order chi connectivity index (χ0) is 21.5. The van der Waals surface area contributed by atoms with Crippen molar-refractivity contribution in [3.8, 4) is 38.6 Å². The lowest BCUT2D eigenvalue weighted by atomic mass is 9.94. The summed E-state index contributed by atoms with van der Waals surface area (Å²) in [7, 11) is 0. The van der Waals surface area contributed by atoms with Crippen molar-refractivity contribution in [1.82, 2.24) is 4.98 Å². The minimum absolute atomic E-state index is 0.252. The van der Waals surface area contributed by atoms with Gasteiger partial charge < -0.3 is 5.11 Å². The Morgan fingerprint density at radius 1 is 0.594 bits per heavy atom. The van der Waals surface area contributed by atoms with Gasteiger partial charge in [0.1, 0.15) is 10.8 Å². The Balaban J connectivity index is 1.65. The van der Waals surface area contributed by atoms with E-state index in [4.69, 9.17) is 4.98 Å². The molecule has 6 aromatic rings. The van der Waals surface area contributed by atoms with Crippen LogP contribution in [0.5, 0.6) is 5.75 Å². The molecule has 0 unspecified atom stereocenters. The summed E-state index contributed by atoms with van der Waals surface area (Å²) >= 11 is 1.62. The average Bonchev–Trinajstić information content (AvgIpc) is 3.28. The highest BCUT2D eigenvalue weighted by molar-refractivity contribution is 7.21. The summed E-state index contributed by atoms with van der Waals surface area (Å²) in [6.07, 6.45) is 0. The van der Waals surface area contributed by atoms with Crippen LogP contribution in [-0.2, 0) is 0 Å². The minimum atomic E-state index is 0.252. The summed E-state index contributed by atoms with van der Waals surface area (Å²) < 4.78 is 1.10. The van der Waals surface area contributed by atoms with Crippen molar-refractivity contribution in [3.63, 3.8) is 0 Å². The first-order chi connectivity index (χ1) is 15.8. The van der Waals surface area contributed by atoms with E-state index in [0.29, 0.717) is 0 Å². The second-order valence-electron chi connectivity index (χ2n) is 7.80. The molecule has 0 amide bonds. The number of phenols is 1. The monoisotopic (exact) mass is 429 g/mol. The third kappa shape index (κ3) is 3.15. The molecule has 0 fully saturated rings. The van der Waals surface area contributed by atoms with Crippen LogP contribution in [0.1, 0.15) is 0 Å². The van der Waals surface area contributed by atoms with Gasteiger partial charge in [0.25, 0.3) is 0 Å². The van der Waals surface area contributed by atoms with Gasteiger partial charge in [-0.3, -0.25) is 0 Å². The maximum absolute atomic E-state index is 10.4. The number of fused-ring (bicyclic) bond motifs is 2. The Kier molecular flexibility index (Phi) is 4.48. The molecule has 0 aliphatic heterocycles. The molecular formula is C29H19NOS. The second-order valence-corrected chi connectivity index (χ2v) is 8.83. The van der Waals surface area contributed by atoms with Crippen molar-refractivity contribution in [1.29, 1.82) is 0 Å². The molecule has 0 saturated carbocycles. The molecule has 1 aromatic heterocycles. The summed E-state index contributed by atoms with van der Waals surface area (Å²) in [4.78, 5) is 4.98. The van der Waals surface area contributed by atoms with Crippen molar-refractivity contribution in [2.45, 2.75) is 0 Å². The van der Waals surface area contributed by atoms with E-state index >= 15 is 0 Å². The molecule has 32 heavy (non-hydrogen) atoms. The first kappa shape index (κ1) is 18.8. The minimum Gasteiger partial charge on any atom is -0.507 e. The molecule has 0 aliphatic carbocycles. The quantitative estimate of drug-likeness (QED) is 0.308. The number of hydrogen-bond donors (Lipinski definition) is 1. The van der Waals surface area contributed by atoms with Crippen LogP contribution in [0.15, 0.2) is 109 Å². The zero-order valence-corrected chi connectivity index (χ0v) is 18.0. The Hall–Kier alpha value is -3.95. The van der Waals surface area contributed by atoms with Crippen molar-refractivity contribution in [2.75, 3.05) is 0 Å². The van der Waals surface area contributed by atoms with Gasteiger partial charge in [-0.15, -0.1) is 11.3 Å². The molecule has 152 valence electrons. The van der Waals surface area contributed by atoms with Crippen LogP contribution in [0, 0.1) is 0 Å². The topological polar surface area (TPSA) is 33.1 Å². The Bertz CT molecular complexity index is 1580. The lowest BCUT2D eigenvalue weighted by Gasteiger charge is -2.10. The van der Waals surface area contributed by atoms with Crippen LogP contribution >= 0.6 is 11.3 Å². The molecule has 0 saturated heterocycles. The third-order valence-electron chi connectivity index (χ3n) is 5.81. The molecule has 0 atom stereocenters. The number of hydrogen-bond acceptors (Lipinski definition) is 3. The van der Waals surface area contributed by atoms with Crippen molar-refractivity contribution >= 4 is 32.3 Å². The fourth-order valence-electron chi connectivity index (χ4n) is 4.27. The van der Waals surface area contributed by atoms with Gasteiger partial charge in [-0.2, -0.15) is 0 Å². The molecular weight excluding hydrogens is 410 g/mol. The maximum Gasteiger partial charge on any atom is 0.128 e. The molecule has 6 rings (SSSR count). The summed E-state index contributed by atoms with van der Waals surface area (Å²) in [5, 5.41) is 13.7. The van der Waals surface area contributed by atoms with E-state index in [1.165, 1.54) is 21.9 Å². The summed E-state index contributed by atoms with van der Waals surface area (Å²) in [6.45, 7) is 0. The first-order valence-corrected chi connectivity index (χ1v) is 11.4. The Morgan fingerprint density at radius 2 is 1.31 bits per heavy atom. The number of benzene rings is 5. The van der Waals surface area contributed by atoms with Crippen molar-refractivity contribution in [2.24, 2.45) is 0 Å². The van der Waals surface area contributed by atoms with Crippen LogP contribution in [0.3, 0.4) is 0 Å². The third-order valence-corrected chi connectivity index (χ3v) is 6.85. The number of nitrogens with zero attached hydrogens (tertiary/aromatic N) is 1. The normalized spacial score (nSPS) is 11.2. The van der Waals surface area contributed by atoms with Crippen LogP contribution in [0.25, 0.3) is 53.8 Å². The van der Waals surface area contributed by atoms with Gasteiger partial charge in [0.05, 0.1) is 15.8 Å². The lowest BCUT2D eigenvalue weighted by Crippen LogP contribution is -1.86. The van der Waals surface area contributed by atoms with Crippen molar-refractivity contribution < 1.29 is 5.11 Å². The SMILES string of the molecule is Oc1ccccc1-c1nc2c(-c3ccccc3)cc(-c3cccc4ccccc34)cc2s1. The van der Waals surface area contributed by atoms with Gasteiger partial charge in [-0.25, -0.2) is 4.98 Å². The molecule has 0 spiro atoms. The van der Waals surface area contributed by atoms with Gasteiger partial charge in [-0.1, -0.05) is 84.9 Å². The summed E-state index contributed by atoms with van der Waals surface area (Å²) in [6, 6.07) is 37.2. The fourth-order valence-corrected chi connectivity index (χ4v) is 5.34. The predicted octanol–water partition coefficient (Wildman–Crippen LogP) is 8.16. The molecule has 0 radical (unpaired) electrons. The number of thiazole rings is 1. The molecule has 1 heterocycles. The Morgan fingerprint density at radius 3 is 2.19 bits per heavy atom. The number of aromatic nitrogens is 1. The smallest absolute Gasteiger partial charge is 0.128 e. The van der Waals surface area contributed by atoms with Crippen LogP contribution in [0.4, 0.5) is 0 Å². The number of rotatable bonds is 3. The maximum atomic E-state index is 10.4. The van der Waals surface area contributed by atoms with E-state index in [1.807, 2.05) is 24.3 Å². The zero-order valence-electron chi connectivity index (χ0n) is 17.2. The molecule has 3 heteroatoms. The molecule has 1 N–H and O–H groups in total. The fraction of sp³-hybridized carbons (Fsp3) is 0. The van der Waals surface area contributed by atoms with Crippen molar-refractivity contribution in [3.05, 3.63) is 109 Å². The van der Waals surface area contributed by atoms with E-state index in [9.17, 15) is 5.11 Å². The predicted molar refractivity (Wildman–Crippen MR) is 135 cm³/mol. The number of phenolic OH excluding ortho intramolecular Hbond substituents is 1. The van der Waals surface area contributed by atoms with Crippen LogP contribution in [0.2, 0.25) is 0 Å². The molecule has 0 aliphatic rings. The first-order valence-electron chi connectivity index (χ1n) is 10.5. The lowest BCUT2D eigenvalue weighted by molar-refractivity contribution is 0.477. The summed E-state index contributed by atoms with van der Waals surface area (Å²) in [5.74, 6) is 0.252. The van der Waals surface area contributed by atoms with E-state index in [1.54, 1.807) is 17.4 Å². The molecule has 0 bridgehead atoms. The van der Waals surface area contributed by atoms with E-state index < -0.39 is 0 Å². The van der Waals surface area contributed by atoms with E-state index in [-0.39, 0.29) is 5.75 Å². The Labute approximate surface area is 190 Å². The number of aromatic hydroxyl groups is 1. The summed E-state index contributed by atoms with van der Waals surface area (Å²) in [5.41, 5.74) is 6.33. The van der Waals surface area contributed by atoms with Crippen LogP contribution < -0.4 is 0 Å². The van der Waals surface area contributed by atoms with Gasteiger partial charge >= 0.3 is 0 Å². The standard InChI is InChI=1S/C29H19NOS/c31-26-16-7-6-14-24(26)29-30-28-25(20-9-2-1-3-10-20)17-21(18-27(28)32-29)23-15-8-12-19-11-4-5-13-22(19)23/h1-18,31H. The molecule has 2 nitrogen and oxygen atoms in total. The van der Waals surface area contributed by atoms with E-state index in [0.717, 1.165) is 31.9 Å². The largest absolute Gasteiger partial charge is 0.507 e. The second kappa shape index (κ2) is 7.63. The highest BCUT2D eigenvalue weighted by Crippen LogP contribution is 2.42. The number of para-hydroxylation sites is 1. The highest BCUT2D eigenvalue weighted by atomic mass is 32.1. The highest BCUT2D eigenvalue weighted by Gasteiger charge is 2.16. The van der Waals surface area contributed by atoms with E-state index in [2.05, 4.69) is 78.9 Å². The van der Waals surface area contributed by atoms with Gasteiger partial charge in [0, 0.05) is 5.56 Å². The van der Waals surface area contributed by atoms with Gasteiger partial charge in [0.2, 0.25) is 0 Å². The van der Waals surface area contributed by atoms with Gasteiger partial charge in [-0.05, 0) is 51.7 Å².